The van der Waals surface area contributed by atoms with E-state index in [1.807, 2.05) is 12.3 Å². The summed E-state index contributed by atoms with van der Waals surface area (Å²) in [7, 11) is 0. The first-order valence-corrected chi connectivity index (χ1v) is 2.50. The fraction of sp³-hybridized carbons (Fsp3) is 0.500. The van der Waals surface area contributed by atoms with Crippen molar-refractivity contribution in [1.82, 2.24) is 0 Å². The van der Waals surface area contributed by atoms with Crippen molar-refractivity contribution in [2.45, 2.75) is 19.9 Å². The molecule has 0 radical (unpaired) electrons. The number of aliphatic imine (C=N–C) groups is 1. The van der Waals surface area contributed by atoms with Crippen LogP contribution >= 0.6 is 0 Å². The maximum Gasteiger partial charge on any atom is 0.0681 e. The number of hydrogen-bond donors (Lipinski definition) is 0. The minimum atomic E-state index is 0.444. The highest BCUT2D eigenvalue weighted by molar-refractivity contribution is 5.75. The summed E-state index contributed by atoms with van der Waals surface area (Å²) in [6.45, 7) is 4.19. The normalized spacial score (nSPS) is 28.3. The van der Waals surface area contributed by atoms with Gasteiger partial charge in [-0.3, -0.25) is 4.99 Å². The molecular weight excluding hydrogens is 86.1 g/mol. The van der Waals surface area contributed by atoms with Gasteiger partial charge in [0.05, 0.1) is 6.04 Å². The van der Waals surface area contributed by atoms with Crippen LogP contribution in [0.5, 0.6) is 0 Å². The molecule has 38 valence electrons. The van der Waals surface area contributed by atoms with Crippen molar-refractivity contribution in [3.05, 3.63) is 11.6 Å². The van der Waals surface area contributed by atoms with Crippen LogP contribution < -0.4 is 0 Å². The van der Waals surface area contributed by atoms with Gasteiger partial charge in [0.2, 0.25) is 0 Å². The summed E-state index contributed by atoms with van der Waals surface area (Å²) in [5, 5.41) is 0. The number of allylic oxidation sites excluding steroid dienone is 1. The Morgan fingerprint density at radius 1 is 1.71 bits per heavy atom. The van der Waals surface area contributed by atoms with Gasteiger partial charge in [-0.25, -0.2) is 0 Å². The van der Waals surface area contributed by atoms with Crippen LogP contribution in [-0.4, -0.2) is 12.3 Å². The molecule has 0 amide bonds. The monoisotopic (exact) mass is 95.1 g/mol. The van der Waals surface area contributed by atoms with Crippen LogP contribution in [0.3, 0.4) is 0 Å². The third-order valence-corrected chi connectivity index (χ3v) is 1.31. The Labute approximate surface area is 43.8 Å². The lowest BCUT2D eigenvalue weighted by Gasteiger charge is -1.95. The molecule has 0 saturated heterocycles. The van der Waals surface area contributed by atoms with Crippen LogP contribution in [0.2, 0.25) is 0 Å². The molecule has 0 aromatic rings. The van der Waals surface area contributed by atoms with E-state index in [9.17, 15) is 0 Å². The topological polar surface area (TPSA) is 12.4 Å². The molecule has 0 spiro atoms. The smallest absolute Gasteiger partial charge is 0.0681 e. The Kier molecular flexibility index (Phi) is 0.970. The van der Waals surface area contributed by atoms with Crippen molar-refractivity contribution in [3.63, 3.8) is 0 Å². The Morgan fingerprint density at radius 3 is 2.57 bits per heavy atom. The summed E-state index contributed by atoms with van der Waals surface area (Å²) in [5.41, 5.74) is 1.36. The van der Waals surface area contributed by atoms with Gasteiger partial charge in [-0.2, -0.15) is 0 Å². The maximum absolute atomic E-state index is 4.10. The molecule has 0 N–H and O–H groups in total. The Bertz CT molecular complexity index is 122. The molecule has 0 aromatic carbocycles. The molecule has 1 rings (SSSR count). The summed E-state index contributed by atoms with van der Waals surface area (Å²) < 4.78 is 0. The highest BCUT2D eigenvalue weighted by Crippen LogP contribution is 2.07. The van der Waals surface area contributed by atoms with Crippen LogP contribution in [0, 0.1) is 0 Å². The quantitative estimate of drug-likeness (QED) is 0.431. The second kappa shape index (κ2) is 1.49. The SMILES string of the molecule is CC1=CC=N[C@@H]1C. The minimum absolute atomic E-state index is 0.444. The van der Waals surface area contributed by atoms with E-state index in [-0.39, 0.29) is 0 Å². The summed E-state index contributed by atoms with van der Waals surface area (Å²) >= 11 is 0. The van der Waals surface area contributed by atoms with Gasteiger partial charge in [0.25, 0.3) is 0 Å². The molecule has 1 nitrogen and oxygen atoms in total. The molecule has 1 atom stereocenters. The second-order valence-electron chi connectivity index (χ2n) is 1.88. The van der Waals surface area contributed by atoms with E-state index in [0.29, 0.717) is 6.04 Å². The van der Waals surface area contributed by atoms with E-state index in [4.69, 9.17) is 0 Å². The van der Waals surface area contributed by atoms with Crippen molar-refractivity contribution in [3.8, 4) is 0 Å². The van der Waals surface area contributed by atoms with Gasteiger partial charge in [0.1, 0.15) is 0 Å². The largest absolute Gasteiger partial charge is 0.286 e. The van der Waals surface area contributed by atoms with E-state index in [0.717, 1.165) is 0 Å². The number of nitrogens with zero attached hydrogens (tertiary/aromatic N) is 1. The average Bonchev–Trinajstić information content (AvgIpc) is 1.91. The van der Waals surface area contributed by atoms with Crippen molar-refractivity contribution in [2.24, 2.45) is 4.99 Å². The van der Waals surface area contributed by atoms with Gasteiger partial charge < -0.3 is 0 Å². The molecule has 1 heteroatoms. The van der Waals surface area contributed by atoms with Crippen LogP contribution in [-0.2, 0) is 0 Å². The minimum Gasteiger partial charge on any atom is -0.286 e. The Balaban J connectivity index is 2.69. The van der Waals surface area contributed by atoms with Gasteiger partial charge in [-0.15, -0.1) is 0 Å². The highest BCUT2D eigenvalue weighted by atomic mass is 14.8. The van der Waals surface area contributed by atoms with E-state index in [2.05, 4.69) is 18.8 Å². The van der Waals surface area contributed by atoms with Crippen LogP contribution in [0.4, 0.5) is 0 Å². The molecule has 1 aliphatic rings. The van der Waals surface area contributed by atoms with Crippen molar-refractivity contribution in [2.75, 3.05) is 0 Å². The number of rotatable bonds is 0. The van der Waals surface area contributed by atoms with E-state index in [1.54, 1.807) is 0 Å². The van der Waals surface area contributed by atoms with E-state index in [1.165, 1.54) is 5.57 Å². The summed E-state index contributed by atoms with van der Waals surface area (Å²) in [6, 6.07) is 0.444. The lowest BCUT2D eigenvalue weighted by atomic mass is 10.2. The molecule has 1 aliphatic heterocycles. The van der Waals surface area contributed by atoms with Crippen molar-refractivity contribution in [1.29, 1.82) is 0 Å². The fourth-order valence-corrected chi connectivity index (χ4v) is 0.547. The average molecular weight is 95.1 g/mol. The predicted molar refractivity (Wildman–Crippen MR) is 31.7 cm³/mol. The summed E-state index contributed by atoms with van der Waals surface area (Å²) in [6.07, 6.45) is 3.91. The molecule has 0 saturated carbocycles. The van der Waals surface area contributed by atoms with Gasteiger partial charge in [-0.05, 0) is 25.5 Å². The van der Waals surface area contributed by atoms with Gasteiger partial charge in [0, 0.05) is 6.21 Å². The molecule has 0 unspecified atom stereocenters. The molecule has 0 fully saturated rings. The van der Waals surface area contributed by atoms with Gasteiger partial charge in [0.15, 0.2) is 0 Å². The summed E-state index contributed by atoms with van der Waals surface area (Å²) in [4.78, 5) is 4.10. The second-order valence-corrected chi connectivity index (χ2v) is 1.88. The first kappa shape index (κ1) is 4.57. The third kappa shape index (κ3) is 0.710. The Hall–Kier alpha value is -0.590. The van der Waals surface area contributed by atoms with E-state index >= 15 is 0 Å². The van der Waals surface area contributed by atoms with Gasteiger partial charge in [-0.1, -0.05) is 0 Å². The van der Waals surface area contributed by atoms with Crippen LogP contribution in [0.1, 0.15) is 13.8 Å². The molecule has 0 aromatic heterocycles. The lowest BCUT2D eigenvalue weighted by molar-refractivity contribution is 0.887. The fourth-order valence-electron chi connectivity index (χ4n) is 0.547. The zero-order valence-corrected chi connectivity index (χ0v) is 4.68. The zero-order chi connectivity index (χ0) is 5.28. The first-order chi connectivity index (χ1) is 3.30. The maximum atomic E-state index is 4.10. The number of hydrogen-bond acceptors (Lipinski definition) is 1. The standard InChI is InChI=1S/C6H9N/c1-5-3-4-7-6(5)2/h3-4,6H,1-2H3/t6-/m1/s1. The van der Waals surface area contributed by atoms with Gasteiger partial charge >= 0.3 is 0 Å². The zero-order valence-electron chi connectivity index (χ0n) is 4.68. The van der Waals surface area contributed by atoms with E-state index < -0.39 is 0 Å². The first-order valence-electron chi connectivity index (χ1n) is 2.50. The molecule has 0 bridgehead atoms. The molecular formula is C6H9N. The molecule has 1 heterocycles. The Morgan fingerprint density at radius 2 is 2.43 bits per heavy atom. The predicted octanol–water partition coefficient (Wildman–Crippen LogP) is 1.41. The highest BCUT2D eigenvalue weighted by Gasteiger charge is 2.01. The van der Waals surface area contributed by atoms with Crippen LogP contribution in [0.15, 0.2) is 16.6 Å². The van der Waals surface area contributed by atoms with Crippen LogP contribution in [0.25, 0.3) is 0 Å². The van der Waals surface area contributed by atoms with Crippen molar-refractivity contribution >= 4 is 6.21 Å². The summed E-state index contributed by atoms with van der Waals surface area (Å²) in [5.74, 6) is 0. The molecule has 7 heavy (non-hydrogen) atoms. The lowest BCUT2D eigenvalue weighted by Crippen LogP contribution is -1.92. The van der Waals surface area contributed by atoms with Crippen molar-refractivity contribution < 1.29 is 0 Å². The molecule has 0 aliphatic carbocycles. The third-order valence-electron chi connectivity index (χ3n) is 1.31.